The van der Waals surface area contributed by atoms with Crippen molar-refractivity contribution >= 4 is 74.7 Å². The minimum Gasteiger partial charge on any atom is -0.444 e. The zero-order chi connectivity index (χ0) is 21.8. The van der Waals surface area contributed by atoms with Gasteiger partial charge in [0.1, 0.15) is 10.5 Å². The Hall–Kier alpha value is -2.14. The molecule has 0 spiro atoms. The number of amides is 2. The summed E-state index contributed by atoms with van der Waals surface area (Å²) in [5, 5.41) is 6.61. The Labute approximate surface area is 187 Å². The van der Waals surface area contributed by atoms with Gasteiger partial charge in [-0.25, -0.2) is 9.78 Å². The van der Waals surface area contributed by atoms with Crippen LogP contribution in [0.2, 0.25) is 10.0 Å². The molecule has 0 fully saturated rings. The largest absolute Gasteiger partial charge is 0.444 e. The summed E-state index contributed by atoms with van der Waals surface area (Å²) in [5.41, 5.74) is 5.40. The molecule has 0 saturated heterocycles. The first-order valence-corrected chi connectivity index (χ1v) is 10.2. The molecule has 0 aliphatic carbocycles. The average molecular weight is 476 g/mol. The molecular formula is C17H19Cl2N5O3S2. The van der Waals surface area contributed by atoms with Gasteiger partial charge in [0.15, 0.2) is 10.2 Å². The normalized spacial score (nSPS) is 10.8. The summed E-state index contributed by atoms with van der Waals surface area (Å²) >= 11 is 18.0. The molecule has 2 amide bonds. The molecule has 12 heteroatoms. The number of benzene rings is 1. The van der Waals surface area contributed by atoms with Gasteiger partial charge in [0.2, 0.25) is 0 Å². The highest BCUT2D eigenvalue weighted by molar-refractivity contribution is 7.80. The van der Waals surface area contributed by atoms with E-state index in [0.29, 0.717) is 26.3 Å². The quantitative estimate of drug-likeness (QED) is 0.375. The molecule has 1 heterocycles. The predicted molar refractivity (Wildman–Crippen MR) is 120 cm³/mol. The number of ether oxygens (including phenoxy) is 1. The van der Waals surface area contributed by atoms with Crippen LogP contribution in [0.1, 0.15) is 36.1 Å². The number of carbonyl (C=O) groups is 2. The van der Waals surface area contributed by atoms with Crippen molar-refractivity contribution in [2.24, 2.45) is 0 Å². The van der Waals surface area contributed by atoms with Crippen LogP contribution in [0.5, 0.6) is 0 Å². The number of rotatable bonds is 3. The minimum atomic E-state index is -0.651. The number of aromatic nitrogens is 1. The van der Waals surface area contributed by atoms with Crippen LogP contribution in [0.4, 0.5) is 15.6 Å². The van der Waals surface area contributed by atoms with E-state index in [1.165, 1.54) is 0 Å². The molecule has 0 aliphatic heterocycles. The van der Waals surface area contributed by atoms with Crippen molar-refractivity contribution in [1.82, 2.24) is 15.8 Å². The number of anilines is 2. The molecule has 156 valence electrons. The molecule has 0 saturated carbocycles. The second-order valence-electron chi connectivity index (χ2n) is 6.75. The van der Waals surface area contributed by atoms with E-state index in [9.17, 15) is 9.59 Å². The Morgan fingerprint density at radius 2 is 1.72 bits per heavy atom. The molecule has 1 aromatic heterocycles. The fourth-order valence-electron chi connectivity index (χ4n) is 2.01. The maximum absolute atomic E-state index is 12.4. The summed E-state index contributed by atoms with van der Waals surface area (Å²) in [6.07, 6.45) is -0.651. The van der Waals surface area contributed by atoms with E-state index in [1.807, 2.05) is 0 Å². The number of hydrazine groups is 1. The van der Waals surface area contributed by atoms with Crippen molar-refractivity contribution < 1.29 is 14.3 Å². The third-order valence-corrected chi connectivity index (χ3v) is 4.73. The predicted octanol–water partition coefficient (Wildman–Crippen LogP) is 4.74. The van der Waals surface area contributed by atoms with E-state index >= 15 is 0 Å². The van der Waals surface area contributed by atoms with Gasteiger partial charge in [-0.1, -0.05) is 34.5 Å². The first-order chi connectivity index (χ1) is 13.4. The highest BCUT2D eigenvalue weighted by Gasteiger charge is 2.20. The van der Waals surface area contributed by atoms with Crippen molar-refractivity contribution in [2.75, 3.05) is 10.6 Å². The number of hydrogen-bond acceptors (Lipinski definition) is 6. The van der Waals surface area contributed by atoms with Crippen LogP contribution >= 0.6 is 46.8 Å². The first-order valence-electron chi connectivity index (χ1n) is 8.24. The van der Waals surface area contributed by atoms with Crippen LogP contribution in [-0.2, 0) is 4.74 Å². The van der Waals surface area contributed by atoms with Crippen molar-refractivity contribution in [3.63, 3.8) is 0 Å². The van der Waals surface area contributed by atoms with Gasteiger partial charge in [-0.2, -0.15) is 0 Å². The lowest BCUT2D eigenvalue weighted by Crippen LogP contribution is -2.43. The topological polar surface area (TPSA) is 104 Å². The van der Waals surface area contributed by atoms with Gasteiger partial charge in [-0.15, -0.1) is 0 Å². The highest BCUT2D eigenvalue weighted by atomic mass is 35.5. The number of aryl methyl sites for hydroxylation is 1. The van der Waals surface area contributed by atoms with Gasteiger partial charge in [0.25, 0.3) is 5.91 Å². The summed E-state index contributed by atoms with van der Waals surface area (Å²) in [7, 11) is 0. The smallest absolute Gasteiger partial charge is 0.413 e. The molecule has 0 aliphatic rings. The van der Waals surface area contributed by atoms with Crippen molar-refractivity contribution in [1.29, 1.82) is 0 Å². The van der Waals surface area contributed by atoms with Gasteiger partial charge in [0, 0.05) is 15.7 Å². The number of nitrogens with zero attached hydrogens (tertiary/aromatic N) is 1. The molecule has 2 aromatic rings. The number of nitrogens with one attached hydrogen (secondary N) is 4. The molecule has 0 atom stereocenters. The van der Waals surface area contributed by atoms with Crippen LogP contribution in [0, 0.1) is 6.92 Å². The van der Waals surface area contributed by atoms with Gasteiger partial charge >= 0.3 is 6.09 Å². The van der Waals surface area contributed by atoms with Gasteiger partial charge in [-0.05, 0) is 58.1 Å². The molecule has 2 rings (SSSR count). The minimum absolute atomic E-state index is 0.131. The van der Waals surface area contributed by atoms with Crippen molar-refractivity contribution in [2.45, 2.75) is 33.3 Å². The van der Waals surface area contributed by atoms with Crippen LogP contribution in [-0.4, -0.2) is 27.7 Å². The molecule has 29 heavy (non-hydrogen) atoms. The zero-order valence-electron chi connectivity index (χ0n) is 16.0. The second kappa shape index (κ2) is 9.57. The molecule has 1 aromatic carbocycles. The standard InChI is InChI=1S/C17H19Cl2N5O3S2/c1-8-12(29-15(20-8)22-16(26)27-17(2,3)4)13(25)23-24-14(28)21-11-6-9(18)5-10(19)7-11/h5-7H,1-4H3,(H,23,25)(H,20,22,26)(H2,21,24,28). The second-order valence-corrected chi connectivity index (χ2v) is 9.03. The number of hydrogen-bond donors (Lipinski definition) is 4. The number of carbonyl (C=O) groups excluding carboxylic acids is 2. The Bertz CT molecular complexity index is 923. The van der Waals surface area contributed by atoms with Gasteiger partial charge in [-0.3, -0.25) is 21.0 Å². The first kappa shape index (κ1) is 23.1. The number of halogens is 2. The van der Waals surface area contributed by atoms with Gasteiger partial charge < -0.3 is 10.1 Å². The maximum atomic E-state index is 12.4. The van der Waals surface area contributed by atoms with Crippen LogP contribution < -0.4 is 21.5 Å². The Morgan fingerprint density at radius 3 is 2.31 bits per heavy atom. The third-order valence-electron chi connectivity index (χ3n) is 3.02. The molecular weight excluding hydrogens is 457 g/mol. The van der Waals surface area contributed by atoms with E-state index in [2.05, 4.69) is 26.5 Å². The zero-order valence-corrected chi connectivity index (χ0v) is 19.1. The monoisotopic (exact) mass is 475 g/mol. The Kier molecular flexibility index (Phi) is 7.64. The van der Waals surface area contributed by atoms with E-state index in [-0.39, 0.29) is 10.2 Å². The van der Waals surface area contributed by atoms with Crippen LogP contribution in [0.25, 0.3) is 0 Å². The lowest BCUT2D eigenvalue weighted by Gasteiger charge is -2.18. The lowest BCUT2D eigenvalue weighted by atomic mass is 10.2. The average Bonchev–Trinajstić information content (AvgIpc) is 2.90. The number of thiazole rings is 1. The highest BCUT2D eigenvalue weighted by Crippen LogP contribution is 2.24. The van der Waals surface area contributed by atoms with Crippen LogP contribution in [0.15, 0.2) is 18.2 Å². The molecule has 8 nitrogen and oxygen atoms in total. The summed E-state index contributed by atoms with van der Waals surface area (Å²) < 4.78 is 5.16. The lowest BCUT2D eigenvalue weighted by molar-refractivity contribution is 0.0635. The molecule has 4 N–H and O–H groups in total. The van der Waals surface area contributed by atoms with Gasteiger partial charge in [0.05, 0.1) is 5.69 Å². The Balaban J connectivity index is 1.92. The summed E-state index contributed by atoms with van der Waals surface area (Å²) in [4.78, 5) is 28.7. The summed E-state index contributed by atoms with van der Waals surface area (Å²) in [6, 6.07) is 4.85. The van der Waals surface area contributed by atoms with Crippen molar-refractivity contribution in [3.8, 4) is 0 Å². The Morgan fingerprint density at radius 1 is 1.10 bits per heavy atom. The summed E-state index contributed by atoms with van der Waals surface area (Å²) in [5.74, 6) is -0.467. The maximum Gasteiger partial charge on any atom is 0.413 e. The fourth-order valence-corrected chi connectivity index (χ4v) is 3.55. The molecule has 0 bridgehead atoms. The SMILES string of the molecule is Cc1nc(NC(=O)OC(C)(C)C)sc1C(=O)NNC(=S)Nc1cc(Cl)cc(Cl)c1. The van der Waals surface area contributed by atoms with Crippen molar-refractivity contribution in [3.05, 3.63) is 38.8 Å². The van der Waals surface area contributed by atoms with E-state index in [0.717, 1.165) is 11.3 Å². The van der Waals surface area contributed by atoms with Crippen LogP contribution in [0.3, 0.4) is 0 Å². The van der Waals surface area contributed by atoms with E-state index in [1.54, 1.807) is 45.9 Å². The molecule has 0 radical (unpaired) electrons. The summed E-state index contributed by atoms with van der Waals surface area (Å²) in [6.45, 7) is 6.89. The molecule has 0 unspecified atom stereocenters. The van der Waals surface area contributed by atoms with E-state index < -0.39 is 17.6 Å². The third kappa shape index (κ3) is 7.65. The van der Waals surface area contributed by atoms with E-state index in [4.69, 9.17) is 40.2 Å². The fraction of sp³-hybridized carbons (Fsp3) is 0.294. The number of thiocarbonyl (C=S) groups is 1.